The molecule has 5 rings (SSSR count). The first-order valence-electron chi connectivity index (χ1n) is 14.8. The average molecular weight is 666 g/mol. The second-order valence-electron chi connectivity index (χ2n) is 11.6. The van der Waals surface area contributed by atoms with Crippen molar-refractivity contribution in [3.63, 3.8) is 0 Å². The highest BCUT2D eigenvalue weighted by atomic mass is 35.5. The second kappa shape index (κ2) is 14.0. The molecule has 0 saturated carbocycles. The number of benzene rings is 1. The van der Waals surface area contributed by atoms with E-state index in [2.05, 4.69) is 21.9 Å². The number of fused-ring (bicyclic) bond motifs is 1. The largest absolute Gasteiger partial charge is 0.355 e. The van der Waals surface area contributed by atoms with Crippen LogP contribution in [0, 0.1) is 6.92 Å². The number of anilines is 2. The molecule has 1 aromatic carbocycles. The first kappa shape index (κ1) is 35.1. The number of hydrogen-bond donors (Lipinski definition) is 1. The third-order valence-corrected chi connectivity index (χ3v) is 8.37. The standard InChI is InChI=1S/C33H34ClF2N7O3.CH4/c1-7-25(44)41-15-20(6)42(16-19(41)5)30-22-14-23(34)27(21-10-8-9-11-24(21)38-32(45)29(35)36)39-31(22)43(33(46)40-30)28-18(4)12-13-37-26(28)17(2)3;/h7-14,17,19-20,29H,1,15-16H2,2-6H3,(H,38,45);1H4/t19-,20+;/m1./s1. The molecule has 0 radical (unpaired) electrons. The van der Waals surface area contributed by atoms with Gasteiger partial charge in [-0.1, -0.05) is 57.7 Å². The van der Waals surface area contributed by atoms with Crippen molar-refractivity contribution in [3.05, 3.63) is 82.0 Å². The molecule has 1 aliphatic rings. The molecular weight excluding hydrogens is 628 g/mol. The fraction of sp³-hybridized carbons (Fsp3) is 0.353. The molecule has 4 aromatic rings. The molecule has 4 heterocycles. The van der Waals surface area contributed by atoms with Crippen molar-refractivity contribution >= 4 is 46.0 Å². The maximum absolute atomic E-state index is 14.2. The molecule has 0 spiro atoms. The van der Waals surface area contributed by atoms with E-state index in [9.17, 15) is 23.2 Å². The lowest BCUT2D eigenvalue weighted by molar-refractivity contribution is -0.129. The molecule has 248 valence electrons. The van der Waals surface area contributed by atoms with Crippen LogP contribution in [0.3, 0.4) is 0 Å². The Balaban J connectivity index is 0.00000500. The van der Waals surface area contributed by atoms with Crippen LogP contribution in [0.4, 0.5) is 20.3 Å². The van der Waals surface area contributed by atoms with Gasteiger partial charge in [0.15, 0.2) is 5.65 Å². The van der Waals surface area contributed by atoms with Crippen molar-refractivity contribution in [1.29, 1.82) is 0 Å². The van der Waals surface area contributed by atoms with E-state index in [-0.39, 0.29) is 58.9 Å². The van der Waals surface area contributed by atoms with Gasteiger partial charge in [0.1, 0.15) is 5.82 Å². The third kappa shape index (κ3) is 6.60. The van der Waals surface area contributed by atoms with Gasteiger partial charge in [-0.3, -0.25) is 14.6 Å². The zero-order valence-electron chi connectivity index (χ0n) is 26.1. The van der Waals surface area contributed by atoms with Crippen LogP contribution in [0.1, 0.15) is 52.3 Å². The summed E-state index contributed by atoms with van der Waals surface area (Å²) in [6.45, 7) is 14.0. The van der Waals surface area contributed by atoms with Gasteiger partial charge in [0.05, 0.1) is 33.2 Å². The molecule has 0 bridgehead atoms. The van der Waals surface area contributed by atoms with Crippen LogP contribution in [0.15, 0.2) is 60.0 Å². The molecule has 1 fully saturated rings. The first-order chi connectivity index (χ1) is 21.8. The topological polar surface area (TPSA) is 113 Å². The van der Waals surface area contributed by atoms with E-state index < -0.39 is 18.0 Å². The van der Waals surface area contributed by atoms with E-state index in [0.29, 0.717) is 35.7 Å². The summed E-state index contributed by atoms with van der Waals surface area (Å²) in [5, 5.41) is 2.85. The minimum Gasteiger partial charge on any atom is -0.349 e. The van der Waals surface area contributed by atoms with Gasteiger partial charge in [-0.2, -0.15) is 13.8 Å². The number of aryl methyl sites for hydroxylation is 1. The molecule has 1 saturated heterocycles. The predicted molar refractivity (Wildman–Crippen MR) is 182 cm³/mol. The Labute approximate surface area is 277 Å². The summed E-state index contributed by atoms with van der Waals surface area (Å²) >= 11 is 6.89. The van der Waals surface area contributed by atoms with Gasteiger partial charge in [0, 0.05) is 36.9 Å². The van der Waals surface area contributed by atoms with Crippen molar-refractivity contribution in [2.75, 3.05) is 23.3 Å². The highest BCUT2D eigenvalue weighted by Gasteiger charge is 2.34. The molecule has 10 nitrogen and oxygen atoms in total. The molecule has 47 heavy (non-hydrogen) atoms. The maximum atomic E-state index is 14.2. The smallest absolute Gasteiger partial charge is 0.349 e. The lowest BCUT2D eigenvalue weighted by Crippen LogP contribution is -2.58. The number of nitrogens with zero attached hydrogens (tertiary/aromatic N) is 6. The first-order valence-corrected chi connectivity index (χ1v) is 15.2. The SMILES string of the molecule is C.C=CC(=O)N1C[C@H](C)N(c2nc(=O)n(-c3c(C)ccnc3C(C)C)c3nc(-c4ccccc4NC(=O)C(F)F)c(Cl)cc23)C[C@H]1C. The Kier molecular flexibility index (Phi) is 10.4. The molecule has 2 atom stereocenters. The molecular formula is C34H38ClF2N7O3. The highest BCUT2D eigenvalue weighted by Crippen LogP contribution is 2.38. The van der Waals surface area contributed by atoms with Gasteiger partial charge in [-0.15, -0.1) is 0 Å². The fourth-order valence-electron chi connectivity index (χ4n) is 5.83. The number of aromatic nitrogens is 4. The monoisotopic (exact) mass is 665 g/mol. The number of carbonyl (C=O) groups is 2. The predicted octanol–water partition coefficient (Wildman–Crippen LogP) is 6.38. The van der Waals surface area contributed by atoms with E-state index >= 15 is 0 Å². The summed E-state index contributed by atoms with van der Waals surface area (Å²) in [6.07, 6.45) is -0.279. The fourth-order valence-corrected chi connectivity index (χ4v) is 6.08. The molecule has 3 aromatic heterocycles. The zero-order valence-corrected chi connectivity index (χ0v) is 26.8. The second-order valence-corrected chi connectivity index (χ2v) is 12.0. The maximum Gasteiger partial charge on any atom is 0.355 e. The van der Waals surface area contributed by atoms with Gasteiger partial charge >= 0.3 is 12.1 Å². The van der Waals surface area contributed by atoms with Crippen LogP contribution in [-0.4, -0.2) is 67.8 Å². The van der Waals surface area contributed by atoms with E-state index in [1.54, 1.807) is 41.4 Å². The van der Waals surface area contributed by atoms with Crippen LogP contribution in [-0.2, 0) is 9.59 Å². The number of alkyl halides is 2. The number of carbonyl (C=O) groups excluding carboxylic acids is 2. The summed E-state index contributed by atoms with van der Waals surface area (Å²) < 4.78 is 27.8. The summed E-state index contributed by atoms with van der Waals surface area (Å²) in [5.74, 6) is -1.39. The highest BCUT2D eigenvalue weighted by molar-refractivity contribution is 6.34. The van der Waals surface area contributed by atoms with Crippen LogP contribution in [0.25, 0.3) is 28.0 Å². The summed E-state index contributed by atoms with van der Waals surface area (Å²) in [6, 6.07) is 9.30. The van der Waals surface area contributed by atoms with Crippen molar-refractivity contribution in [2.24, 2.45) is 0 Å². The van der Waals surface area contributed by atoms with Gasteiger partial charge < -0.3 is 15.1 Å². The Bertz CT molecular complexity index is 1910. The summed E-state index contributed by atoms with van der Waals surface area (Å²) in [7, 11) is 0. The van der Waals surface area contributed by atoms with Crippen LogP contribution < -0.4 is 15.9 Å². The Hall–Kier alpha value is -4.71. The molecule has 13 heteroatoms. The number of halogens is 3. The molecule has 1 N–H and O–H groups in total. The molecule has 1 aliphatic heterocycles. The van der Waals surface area contributed by atoms with E-state index in [4.69, 9.17) is 16.6 Å². The van der Waals surface area contributed by atoms with Crippen molar-refractivity contribution in [2.45, 2.75) is 66.5 Å². The number of nitrogens with one attached hydrogen (secondary N) is 1. The zero-order chi connectivity index (χ0) is 33.4. The minimum absolute atomic E-state index is 0. The van der Waals surface area contributed by atoms with E-state index in [1.807, 2.05) is 39.5 Å². The lowest BCUT2D eigenvalue weighted by atomic mass is 10.0. The van der Waals surface area contributed by atoms with Gasteiger partial charge in [-0.25, -0.2) is 14.3 Å². The summed E-state index contributed by atoms with van der Waals surface area (Å²) in [5.41, 5.74) is 2.07. The normalized spacial score (nSPS) is 16.4. The lowest BCUT2D eigenvalue weighted by Gasteiger charge is -2.44. The number of hydrogen-bond acceptors (Lipinski definition) is 7. The number of para-hydroxylation sites is 1. The van der Waals surface area contributed by atoms with Crippen LogP contribution in [0.2, 0.25) is 5.02 Å². The minimum atomic E-state index is -3.23. The van der Waals surface area contributed by atoms with Crippen LogP contribution >= 0.6 is 11.6 Å². The third-order valence-electron chi connectivity index (χ3n) is 8.08. The molecule has 0 aliphatic carbocycles. The van der Waals surface area contributed by atoms with Gasteiger partial charge in [-0.05, 0) is 56.5 Å². The quantitative estimate of drug-likeness (QED) is 0.228. The van der Waals surface area contributed by atoms with E-state index in [0.717, 1.165) is 5.56 Å². The van der Waals surface area contributed by atoms with E-state index in [1.165, 1.54) is 16.7 Å². The number of amides is 2. The van der Waals surface area contributed by atoms with Crippen LogP contribution in [0.5, 0.6) is 0 Å². The van der Waals surface area contributed by atoms with Crippen molar-refractivity contribution < 1.29 is 18.4 Å². The Morgan fingerprint density at radius 1 is 1.11 bits per heavy atom. The van der Waals surface area contributed by atoms with Crippen molar-refractivity contribution in [1.82, 2.24) is 24.4 Å². The number of piperazine rings is 1. The Morgan fingerprint density at radius 3 is 2.47 bits per heavy atom. The molecule has 0 unspecified atom stereocenters. The summed E-state index contributed by atoms with van der Waals surface area (Å²) in [4.78, 5) is 56.4. The number of rotatable bonds is 7. The van der Waals surface area contributed by atoms with Gasteiger partial charge in [0.25, 0.3) is 5.91 Å². The Morgan fingerprint density at radius 2 is 1.81 bits per heavy atom. The number of pyridine rings is 2. The average Bonchev–Trinajstić information content (AvgIpc) is 3.01. The molecule has 2 amide bonds. The van der Waals surface area contributed by atoms with Crippen molar-refractivity contribution in [3.8, 4) is 16.9 Å². The van der Waals surface area contributed by atoms with Gasteiger partial charge in [0.2, 0.25) is 5.91 Å².